The molecule has 118 valence electrons. The Labute approximate surface area is 134 Å². The highest BCUT2D eigenvalue weighted by atomic mass is 14.9. The van der Waals surface area contributed by atoms with Gasteiger partial charge in [-0.15, -0.1) is 0 Å². The third-order valence-corrected chi connectivity index (χ3v) is 4.21. The zero-order valence-electron chi connectivity index (χ0n) is 14.0. The maximum Gasteiger partial charge on any atom is 0.0659 e. The summed E-state index contributed by atoms with van der Waals surface area (Å²) in [7, 11) is 0. The summed E-state index contributed by atoms with van der Waals surface area (Å²) < 4.78 is 0. The second kappa shape index (κ2) is 7.98. The van der Waals surface area contributed by atoms with E-state index >= 15 is 0 Å². The monoisotopic (exact) mass is 296 g/mol. The Morgan fingerprint density at radius 3 is 2.77 bits per heavy atom. The molecule has 1 aliphatic carbocycles. The molecule has 1 atom stereocenters. The molecule has 0 bridgehead atoms. The number of fused-ring (bicyclic) bond motifs is 1. The maximum atomic E-state index is 4.56. The van der Waals surface area contributed by atoms with Crippen molar-refractivity contribution in [2.24, 2.45) is 0 Å². The Morgan fingerprint density at radius 2 is 2.05 bits per heavy atom. The van der Waals surface area contributed by atoms with Gasteiger partial charge in [0.1, 0.15) is 0 Å². The first-order valence-corrected chi connectivity index (χ1v) is 8.39. The third-order valence-electron chi connectivity index (χ3n) is 4.21. The van der Waals surface area contributed by atoms with Crippen LogP contribution in [0.5, 0.6) is 0 Å². The van der Waals surface area contributed by atoms with Gasteiger partial charge in [0.2, 0.25) is 0 Å². The summed E-state index contributed by atoms with van der Waals surface area (Å²) in [5.74, 6) is 0. The molecule has 0 amide bonds. The number of hydrogen-bond donors (Lipinski definition) is 1. The number of hydrogen-bond acceptors (Lipinski definition) is 2. The van der Waals surface area contributed by atoms with Crippen molar-refractivity contribution in [1.82, 2.24) is 10.3 Å². The van der Waals surface area contributed by atoms with Crippen molar-refractivity contribution in [2.75, 3.05) is 0 Å². The van der Waals surface area contributed by atoms with Crippen LogP contribution in [-0.2, 0) is 0 Å². The van der Waals surface area contributed by atoms with Crippen molar-refractivity contribution in [2.45, 2.75) is 58.4 Å². The molecule has 1 aromatic rings. The van der Waals surface area contributed by atoms with Crippen LogP contribution in [0, 0.1) is 0 Å². The summed E-state index contributed by atoms with van der Waals surface area (Å²) in [5.41, 5.74) is 3.19. The summed E-state index contributed by atoms with van der Waals surface area (Å²) in [6.07, 6.45) is 13.4. The van der Waals surface area contributed by atoms with Gasteiger partial charge in [0.15, 0.2) is 0 Å². The standard InChI is InChI=1S/C20H28N2/c1-5-6-7-11-19(15(2)3)22-16(4)18-13-17-10-8-9-12-20(17)21-14-18/h10,12-14,19,22H,2,4-9,11H2,1,3H3. The van der Waals surface area contributed by atoms with E-state index in [2.05, 4.69) is 55.5 Å². The summed E-state index contributed by atoms with van der Waals surface area (Å²) in [5, 5.41) is 5.87. The van der Waals surface area contributed by atoms with E-state index in [0.717, 1.165) is 35.9 Å². The molecule has 0 fully saturated rings. The van der Waals surface area contributed by atoms with Gasteiger partial charge < -0.3 is 5.32 Å². The van der Waals surface area contributed by atoms with E-state index in [4.69, 9.17) is 0 Å². The van der Waals surface area contributed by atoms with Gasteiger partial charge in [-0.1, -0.05) is 57.1 Å². The molecular formula is C20H28N2. The van der Waals surface area contributed by atoms with Crippen molar-refractivity contribution in [1.29, 1.82) is 0 Å². The Bertz CT molecular complexity index is 655. The SMILES string of the molecule is C=C(NC(CCCCC)C(=C)C)c1cnc2c(c1)=CCCC=2. The van der Waals surface area contributed by atoms with Gasteiger partial charge in [-0.2, -0.15) is 0 Å². The first-order chi connectivity index (χ1) is 10.6. The summed E-state index contributed by atoms with van der Waals surface area (Å²) in [6.45, 7) is 12.6. The van der Waals surface area contributed by atoms with Gasteiger partial charge in [-0.3, -0.25) is 4.98 Å². The van der Waals surface area contributed by atoms with Crippen LogP contribution in [0.3, 0.4) is 0 Å². The Morgan fingerprint density at radius 1 is 1.27 bits per heavy atom. The normalized spacial score (nSPS) is 14.3. The van der Waals surface area contributed by atoms with Gasteiger partial charge in [0.05, 0.1) is 5.35 Å². The van der Waals surface area contributed by atoms with E-state index < -0.39 is 0 Å². The fourth-order valence-electron chi connectivity index (χ4n) is 2.78. The van der Waals surface area contributed by atoms with E-state index in [-0.39, 0.29) is 0 Å². The highest BCUT2D eigenvalue weighted by Gasteiger charge is 2.11. The van der Waals surface area contributed by atoms with Gasteiger partial charge in [-0.05, 0) is 37.5 Å². The highest BCUT2D eigenvalue weighted by Crippen LogP contribution is 2.14. The predicted molar refractivity (Wildman–Crippen MR) is 96.6 cm³/mol. The topological polar surface area (TPSA) is 24.9 Å². The smallest absolute Gasteiger partial charge is 0.0659 e. The molecule has 1 aromatic heterocycles. The summed E-state index contributed by atoms with van der Waals surface area (Å²) in [4.78, 5) is 4.56. The van der Waals surface area contributed by atoms with Gasteiger partial charge >= 0.3 is 0 Å². The zero-order chi connectivity index (χ0) is 15.9. The number of nitrogens with zero attached hydrogens (tertiary/aromatic N) is 1. The quantitative estimate of drug-likeness (QED) is 0.586. The van der Waals surface area contributed by atoms with Crippen LogP contribution in [0.4, 0.5) is 0 Å². The van der Waals surface area contributed by atoms with Gasteiger partial charge in [0, 0.05) is 23.5 Å². The molecule has 0 aromatic carbocycles. The van der Waals surface area contributed by atoms with E-state index in [1.807, 2.05) is 6.20 Å². The maximum absolute atomic E-state index is 4.56. The predicted octanol–water partition coefficient (Wildman–Crippen LogP) is 3.52. The lowest BCUT2D eigenvalue weighted by atomic mass is 10.0. The average Bonchev–Trinajstić information content (AvgIpc) is 2.53. The zero-order valence-corrected chi connectivity index (χ0v) is 14.0. The number of unbranched alkanes of at least 4 members (excludes halogenated alkanes) is 2. The summed E-state index contributed by atoms with van der Waals surface area (Å²) in [6, 6.07) is 2.49. The third kappa shape index (κ3) is 4.33. The fourth-order valence-corrected chi connectivity index (χ4v) is 2.78. The molecule has 1 unspecified atom stereocenters. The molecule has 2 nitrogen and oxygen atoms in total. The molecule has 0 saturated heterocycles. The second-order valence-corrected chi connectivity index (χ2v) is 6.20. The van der Waals surface area contributed by atoms with Crippen LogP contribution < -0.4 is 15.9 Å². The van der Waals surface area contributed by atoms with Crippen molar-refractivity contribution in [3.05, 3.63) is 47.1 Å². The van der Waals surface area contributed by atoms with E-state index in [0.29, 0.717) is 6.04 Å². The number of pyridine rings is 1. The molecule has 0 spiro atoms. The molecule has 0 aliphatic heterocycles. The molecule has 22 heavy (non-hydrogen) atoms. The van der Waals surface area contributed by atoms with E-state index in [1.165, 1.54) is 30.1 Å². The number of aromatic nitrogens is 1. The minimum atomic E-state index is 0.297. The van der Waals surface area contributed by atoms with Crippen LogP contribution in [0.25, 0.3) is 17.8 Å². The van der Waals surface area contributed by atoms with E-state index in [9.17, 15) is 0 Å². The first-order valence-electron chi connectivity index (χ1n) is 8.39. The van der Waals surface area contributed by atoms with Gasteiger partial charge in [0.25, 0.3) is 0 Å². The second-order valence-electron chi connectivity index (χ2n) is 6.20. The average molecular weight is 296 g/mol. The number of nitrogens with one attached hydrogen (secondary N) is 1. The van der Waals surface area contributed by atoms with Crippen molar-refractivity contribution in [3.8, 4) is 0 Å². The number of rotatable bonds is 8. The molecule has 0 radical (unpaired) electrons. The van der Waals surface area contributed by atoms with Crippen molar-refractivity contribution in [3.63, 3.8) is 0 Å². The fraction of sp³-hybridized carbons (Fsp3) is 0.450. The van der Waals surface area contributed by atoms with Crippen LogP contribution in [0.15, 0.2) is 31.0 Å². The van der Waals surface area contributed by atoms with Gasteiger partial charge in [-0.25, -0.2) is 0 Å². The van der Waals surface area contributed by atoms with Crippen LogP contribution >= 0.6 is 0 Å². The van der Waals surface area contributed by atoms with E-state index in [1.54, 1.807) is 0 Å². The molecule has 2 heteroatoms. The Hall–Kier alpha value is -1.83. The molecular weight excluding hydrogens is 268 g/mol. The molecule has 1 N–H and O–H groups in total. The molecule has 2 rings (SSSR count). The summed E-state index contributed by atoms with van der Waals surface area (Å²) >= 11 is 0. The molecule has 1 heterocycles. The lowest BCUT2D eigenvalue weighted by Crippen LogP contribution is -2.32. The highest BCUT2D eigenvalue weighted by molar-refractivity contribution is 5.62. The Balaban J connectivity index is 2.09. The van der Waals surface area contributed by atoms with Crippen molar-refractivity contribution >= 4 is 17.8 Å². The lowest BCUT2D eigenvalue weighted by Gasteiger charge is -2.22. The minimum absolute atomic E-state index is 0.297. The Kier molecular flexibility index (Phi) is 6.00. The van der Waals surface area contributed by atoms with Crippen LogP contribution in [-0.4, -0.2) is 11.0 Å². The van der Waals surface area contributed by atoms with Crippen LogP contribution in [0.1, 0.15) is 57.9 Å². The largest absolute Gasteiger partial charge is 0.379 e. The molecule has 1 aliphatic rings. The van der Waals surface area contributed by atoms with Crippen LogP contribution in [0.2, 0.25) is 0 Å². The molecule has 0 saturated carbocycles. The lowest BCUT2D eigenvalue weighted by molar-refractivity contribution is 0.566. The first kappa shape index (κ1) is 16.5. The van der Waals surface area contributed by atoms with Crippen molar-refractivity contribution < 1.29 is 0 Å². The minimum Gasteiger partial charge on any atom is -0.379 e.